The van der Waals surface area contributed by atoms with Crippen LogP contribution >= 0.6 is 0 Å². The molecule has 1 heterocycles. The number of amides is 1. The van der Waals surface area contributed by atoms with E-state index in [1.807, 2.05) is 13.8 Å². The number of ether oxygens (including phenoxy) is 1. The lowest BCUT2D eigenvalue weighted by atomic mass is 10.1. The van der Waals surface area contributed by atoms with Crippen molar-refractivity contribution in [3.05, 3.63) is 77.1 Å². The SMILES string of the molecule is Cc1ccccc1-n1ncc(C(=O)NCc2ccc(OCC(C)C)cc2)c1C(F)(F)F. The molecule has 2 aromatic carbocycles. The Bertz CT molecular complexity index is 1040. The number of para-hydroxylation sites is 1. The summed E-state index contributed by atoms with van der Waals surface area (Å²) in [6.07, 6.45) is -3.80. The van der Waals surface area contributed by atoms with Gasteiger partial charge in [0.25, 0.3) is 5.91 Å². The fourth-order valence-electron chi connectivity index (χ4n) is 3.02. The third kappa shape index (κ3) is 5.45. The third-order valence-corrected chi connectivity index (χ3v) is 4.59. The number of halogens is 3. The largest absolute Gasteiger partial charge is 0.493 e. The van der Waals surface area contributed by atoms with Gasteiger partial charge in [0, 0.05) is 6.54 Å². The second-order valence-corrected chi connectivity index (χ2v) is 7.63. The van der Waals surface area contributed by atoms with E-state index in [4.69, 9.17) is 4.74 Å². The maximum Gasteiger partial charge on any atom is 0.434 e. The van der Waals surface area contributed by atoms with Crippen molar-refractivity contribution in [3.63, 3.8) is 0 Å². The van der Waals surface area contributed by atoms with E-state index in [0.717, 1.165) is 16.4 Å². The first kappa shape index (κ1) is 22.4. The summed E-state index contributed by atoms with van der Waals surface area (Å²) < 4.78 is 47.8. The van der Waals surface area contributed by atoms with Crippen molar-refractivity contribution in [1.29, 1.82) is 0 Å². The lowest BCUT2D eigenvalue weighted by Gasteiger charge is -2.14. The normalized spacial score (nSPS) is 11.6. The Hall–Kier alpha value is -3.29. The zero-order chi connectivity index (χ0) is 22.6. The summed E-state index contributed by atoms with van der Waals surface area (Å²) in [6, 6.07) is 13.6. The summed E-state index contributed by atoms with van der Waals surface area (Å²) >= 11 is 0. The minimum Gasteiger partial charge on any atom is -0.493 e. The molecule has 0 radical (unpaired) electrons. The zero-order valence-electron chi connectivity index (χ0n) is 17.5. The van der Waals surface area contributed by atoms with Gasteiger partial charge in [-0.05, 0) is 42.2 Å². The van der Waals surface area contributed by atoms with Crippen molar-refractivity contribution in [2.45, 2.75) is 33.5 Å². The molecule has 0 aliphatic carbocycles. The predicted octanol–water partition coefficient (Wildman–Crippen LogP) is 5.16. The summed E-state index contributed by atoms with van der Waals surface area (Å²) in [6.45, 7) is 6.43. The van der Waals surface area contributed by atoms with Crippen LogP contribution in [0.5, 0.6) is 5.75 Å². The van der Waals surface area contributed by atoms with E-state index in [1.165, 1.54) is 6.07 Å². The van der Waals surface area contributed by atoms with E-state index < -0.39 is 23.3 Å². The Labute approximate surface area is 178 Å². The van der Waals surface area contributed by atoms with Crippen molar-refractivity contribution < 1.29 is 22.7 Å². The number of benzene rings is 2. The zero-order valence-corrected chi connectivity index (χ0v) is 17.5. The van der Waals surface area contributed by atoms with Crippen molar-refractivity contribution >= 4 is 5.91 Å². The lowest BCUT2D eigenvalue weighted by molar-refractivity contribution is -0.143. The molecule has 3 rings (SSSR count). The van der Waals surface area contributed by atoms with E-state index >= 15 is 0 Å². The standard InChI is InChI=1S/C23H24F3N3O2/c1-15(2)14-31-18-10-8-17(9-11-18)12-27-22(30)19-13-28-29(21(19)23(24,25)26)20-7-5-4-6-16(20)3/h4-11,13,15H,12,14H2,1-3H3,(H,27,30). The summed E-state index contributed by atoms with van der Waals surface area (Å²) in [5, 5.41) is 6.40. The van der Waals surface area contributed by atoms with Crippen molar-refractivity contribution in [3.8, 4) is 11.4 Å². The van der Waals surface area contributed by atoms with Gasteiger partial charge in [-0.15, -0.1) is 0 Å². The number of aryl methyl sites for hydroxylation is 1. The monoisotopic (exact) mass is 431 g/mol. The van der Waals surface area contributed by atoms with Gasteiger partial charge in [-0.25, -0.2) is 4.68 Å². The number of nitrogens with zero attached hydrogens (tertiary/aromatic N) is 2. The molecule has 0 fully saturated rings. The predicted molar refractivity (Wildman–Crippen MR) is 111 cm³/mol. The van der Waals surface area contributed by atoms with Crippen LogP contribution in [0.2, 0.25) is 0 Å². The van der Waals surface area contributed by atoms with Crippen molar-refractivity contribution in [1.82, 2.24) is 15.1 Å². The fourth-order valence-corrected chi connectivity index (χ4v) is 3.02. The van der Waals surface area contributed by atoms with Crippen LogP contribution in [0.3, 0.4) is 0 Å². The number of aromatic nitrogens is 2. The van der Waals surface area contributed by atoms with E-state index in [9.17, 15) is 18.0 Å². The minimum atomic E-state index is -4.75. The Morgan fingerprint density at radius 3 is 2.42 bits per heavy atom. The molecule has 164 valence electrons. The number of alkyl halides is 3. The highest BCUT2D eigenvalue weighted by atomic mass is 19.4. The van der Waals surface area contributed by atoms with Crippen LogP contribution in [-0.2, 0) is 12.7 Å². The molecular weight excluding hydrogens is 407 g/mol. The van der Waals surface area contributed by atoms with Crippen LogP contribution in [0.15, 0.2) is 54.7 Å². The van der Waals surface area contributed by atoms with E-state index in [1.54, 1.807) is 49.4 Å². The smallest absolute Gasteiger partial charge is 0.434 e. The molecule has 0 spiro atoms. The molecule has 5 nitrogen and oxygen atoms in total. The van der Waals surface area contributed by atoms with Gasteiger partial charge in [-0.1, -0.05) is 44.2 Å². The van der Waals surface area contributed by atoms with Crippen LogP contribution in [0.25, 0.3) is 5.69 Å². The molecule has 1 aromatic heterocycles. The highest BCUT2D eigenvalue weighted by Crippen LogP contribution is 2.34. The maximum absolute atomic E-state index is 13.8. The summed E-state index contributed by atoms with van der Waals surface area (Å²) in [5.41, 5.74) is 0.00293. The highest BCUT2D eigenvalue weighted by molar-refractivity contribution is 5.95. The molecule has 0 saturated heterocycles. The molecule has 1 amide bonds. The molecule has 8 heteroatoms. The van der Waals surface area contributed by atoms with Gasteiger partial charge >= 0.3 is 6.18 Å². The molecule has 0 aliphatic rings. The Morgan fingerprint density at radius 2 is 1.81 bits per heavy atom. The summed E-state index contributed by atoms with van der Waals surface area (Å²) in [7, 11) is 0. The number of rotatable bonds is 7. The van der Waals surface area contributed by atoms with E-state index in [-0.39, 0.29) is 12.2 Å². The molecule has 1 N–H and O–H groups in total. The Kier molecular flexibility index (Phi) is 6.68. The number of hydrogen-bond acceptors (Lipinski definition) is 3. The molecule has 0 bridgehead atoms. The van der Waals surface area contributed by atoms with Crippen LogP contribution in [0.1, 0.15) is 41.0 Å². The van der Waals surface area contributed by atoms with Crippen LogP contribution in [0.4, 0.5) is 13.2 Å². The van der Waals surface area contributed by atoms with Crippen LogP contribution < -0.4 is 10.1 Å². The van der Waals surface area contributed by atoms with Gasteiger partial charge in [0.05, 0.1) is 24.1 Å². The highest BCUT2D eigenvalue weighted by Gasteiger charge is 2.40. The first-order valence-corrected chi connectivity index (χ1v) is 9.88. The number of hydrogen-bond donors (Lipinski definition) is 1. The van der Waals surface area contributed by atoms with Crippen molar-refractivity contribution in [2.75, 3.05) is 6.61 Å². The lowest BCUT2D eigenvalue weighted by Crippen LogP contribution is -2.26. The van der Waals surface area contributed by atoms with Gasteiger partial charge in [-0.3, -0.25) is 4.79 Å². The number of carbonyl (C=O) groups is 1. The average molecular weight is 431 g/mol. The third-order valence-electron chi connectivity index (χ3n) is 4.59. The minimum absolute atomic E-state index is 0.0795. The molecule has 0 aliphatic heterocycles. The quantitative estimate of drug-likeness (QED) is 0.562. The average Bonchev–Trinajstić information content (AvgIpc) is 3.17. The summed E-state index contributed by atoms with van der Waals surface area (Å²) in [4.78, 5) is 12.6. The van der Waals surface area contributed by atoms with Crippen LogP contribution in [0, 0.1) is 12.8 Å². The van der Waals surface area contributed by atoms with Gasteiger partial charge < -0.3 is 10.1 Å². The first-order valence-electron chi connectivity index (χ1n) is 9.88. The number of nitrogens with one attached hydrogen (secondary N) is 1. The molecule has 31 heavy (non-hydrogen) atoms. The maximum atomic E-state index is 13.8. The van der Waals surface area contributed by atoms with E-state index in [0.29, 0.717) is 23.8 Å². The molecule has 3 aromatic rings. The van der Waals surface area contributed by atoms with Crippen LogP contribution in [-0.4, -0.2) is 22.3 Å². The fraction of sp³-hybridized carbons (Fsp3) is 0.304. The molecular formula is C23H24F3N3O2. The second-order valence-electron chi connectivity index (χ2n) is 7.63. The van der Waals surface area contributed by atoms with Crippen molar-refractivity contribution in [2.24, 2.45) is 5.92 Å². The Balaban J connectivity index is 1.77. The van der Waals surface area contributed by atoms with Gasteiger partial charge in [0.15, 0.2) is 5.69 Å². The van der Waals surface area contributed by atoms with E-state index in [2.05, 4.69) is 10.4 Å². The Morgan fingerprint density at radius 1 is 1.13 bits per heavy atom. The van der Waals surface area contributed by atoms with Gasteiger partial charge in [0.1, 0.15) is 5.75 Å². The molecule has 0 atom stereocenters. The van der Waals surface area contributed by atoms with Gasteiger partial charge in [-0.2, -0.15) is 18.3 Å². The first-order chi connectivity index (χ1) is 14.7. The molecule has 0 unspecified atom stereocenters. The topological polar surface area (TPSA) is 56.2 Å². The number of carbonyl (C=O) groups excluding carboxylic acids is 1. The molecule has 0 saturated carbocycles. The van der Waals surface area contributed by atoms with Gasteiger partial charge in [0.2, 0.25) is 0 Å². The second kappa shape index (κ2) is 9.24. The summed E-state index contributed by atoms with van der Waals surface area (Å²) in [5.74, 6) is 0.248.